The molecular formula is C21H24N4O4. The standard InChI is InChI=1S/C21H24N4O4/c26-19(24-25-29)15-9-3-8-14-18(21(28)22-17-12-6-2-7-13-17)23-20(27)16-10-4-1-5-11-16/h1-2,4-7,10-13,18H,3,8-9,14-15H2,(H,22,28)(H,23,27)(H,24,26,29). The first-order chi connectivity index (χ1) is 14.1. The maximum absolute atomic E-state index is 12.7. The third-order valence-corrected chi connectivity index (χ3v) is 4.27. The molecule has 0 spiro atoms. The van der Waals surface area contributed by atoms with E-state index in [1.807, 2.05) is 29.7 Å². The summed E-state index contributed by atoms with van der Waals surface area (Å²) in [6.45, 7) is 0. The molecular weight excluding hydrogens is 372 g/mol. The average Bonchev–Trinajstić information content (AvgIpc) is 2.74. The van der Waals surface area contributed by atoms with Gasteiger partial charge in [0.2, 0.25) is 11.8 Å². The highest BCUT2D eigenvalue weighted by Crippen LogP contribution is 2.11. The molecule has 0 aromatic heterocycles. The summed E-state index contributed by atoms with van der Waals surface area (Å²) in [5, 5.41) is 7.93. The third-order valence-electron chi connectivity index (χ3n) is 4.27. The summed E-state index contributed by atoms with van der Waals surface area (Å²) in [5.74, 6) is -1.06. The lowest BCUT2D eigenvalue weighted by atomic mass is 10.1. The van der Waals surface area contributed by atoms with Crippen molar-refractivity contribution in [2.45, 2.75) is 38.1 Å². The lowest BCUT2D eigenvalue weighted by molar-refractivity contribution is -0.121. The van der Waals surface area contributed by atoms with Gasteiger partial charge in [0.05, 0.1) is 5.29 Å². The second-order valence-electron chi connectivity index (χ2n) is 6.47. The summed E-state index contributed by atoms with van der Waals surface area (Å²) in [4.78, 5) is 46.4. The number of hydrogen-bond donors (Lipinski definition) is 3. The fourth-order valence-corrected chi connectivity index (χ4v) is 2.77. The van der Waals surface area contributed by atoms with Crippen molar-refractivity contribution in [1.29, 1.82) is 0 Å². The van der Waals surface area contributed by atoms with Gasteiger partial charge in [-0.05, 0) is 37.1 Å². The molecule has 1 atom stereocenters. The molecule has 0 heterocycles. The lowest BCUT2D eigenvalue weighted by Gasteiger charge is -2.18. The van der Waals surface area contributed by atoms with E-state index < -0.39 is 11.9 Å². The van der Waals surface area contributed by atoms with Gasteiger partial charge in [-0.15, -0.1) is 4.91 Å². The first-order valence-corrected chi connectivity index (χ1v) is 9.43. The summed E-state index contributed by atoms with van der Waals surface area (Å²) in [6, 6.07) is 17.0. The molecule has 8 heteroatoms. The highest BCUT2D eigenvalue weighted by molar-refractivity contribution is 6.01. The highest BCUT2D eigenvalue weighted by atomic mass is 16.3. The summed E-state index contributed by atoms with van der Waals surface area (Å²) in [7, 11) is 0. The highest BCUT2D eigenvalue weighted by Gasteiger charge is 2.21. The number of nitrogens with zero attached hydrogens (tertiary/aromatic N) is 1. The fraction of sp³-hybridized carbons (Fsp3) is 0.286. The van der Waals surface area contributed by atoms with Crippen molar-refractivity contribution in [2.24, 2.45) is 5.29 Å². The first-order valence-electron chi connectivity index (χ1n) is 9.43. The number of hydrogen-bond acceptors (Lipinski definition) is 5. The zero-order valence-electron chi connectivity index (χ0n) is 16.0. The van der Waals surface area contributed by atoms with Gasteiger partial charge in [0.25, 0.3) is 5.91 Å². The SMILES string of the molecule is O=NNC(=O)CCCCCC(NC(=O)c1ccccc1)C(=O)Nc1ccccc1. The van der Waals surface area contributed by atoms with E-state index in [4.69, 9.17) is 0 Å². The molecule has 0 saturated carbocycles. The van der Waals surface area contributed by atoms with Gasteiger partial charge in [0.15, 0.2) is 0 Å². The molecule has 1 unspecified atom stereocenters. The summed E-state index contributed by atoms with van der Waals surface area (Å²) < 4.78 is 0. The number of carbonyl (C=O) groups excluding carboxylic acids is 3. The molecule has 3 N–H and O–H groups in total. The molecule has 0 radical (unpaired) electrons. The van der Waals surface area contributed by atoms with Gasteiger partial charge in [0, 0.05) is 17.7 Å². The topological polar surface area (TPSA) is 117 Å². The van der Waals surface area contributed by atoms with Gasteiger partial charge < -0.3 is 10.6 Å². The normalized spacial score (nSPS) is 11.2. The predicted molar refractivity (Wildman–Crippen MR) is 110 cm³/mol. The van der Waals surface area contributed by atoms with Crippen molar-refractivity contribution in [2.75, 3.05) is 5.32 Å². The molecule has 152 valence electrons. The van der Waals surface area contributed by atoms with Crippen LogP contribution in [-0.2, 0) is 9.59 Å². The largest absolute Gasteiger partial charge is 0.340 e. The minimum atomic E-state index is -0.714. The van der Waals surface area contributed by atoms with E-state index >= 15 is 0 Å². The number of nitroso groups, excluding NO2 is 1. The first kappa shape index (κ1) is 21.7. The maximum atomic E-state index is 12.7. The number of para-hydroxylation sites is 1. The smallest absolute Gasteiger partial charge is 0.251 e. The molecule has 2 aromatic carbocycles. The van der Waals surface area contributed by atoms with E-state index in [1.165, 1.54) is 0 Å². The molecule has 0 saturated heterocycles. The summed E-state index contributed by atoms with van der Waals surface area (Å²) >= 11 is 0. The van der Waals surface area contributed by atoms with Crippen LogP contribution in [-0.4, -0.2) is 23.8 Å². The van der Waals surface area contributed by atoms with E-state index in [-0.39, 0.29) is 18.2 Å². The van der Waals surface area contributed by atoms with Crippen LogP contribution < -0.4 is 16.1 Å². The number of unbranched alkanes of at least 4 members (excludes halogenated alkanes) is 2. The van der Waals surface area contributed by atoms with E-state index in [0.29, 0.717) is 36.9 Å². The van der Waals surface area contributed by atoms with Gasteiger partial charge in [-0.3, -0.25) is 14.4 Å². The maximum Gasteiger partial charge on any atom is 0.251 e. The molecule has 0 bridgehead atoms. The molecule has 2 rings (SSSR count). The Morgan fingerprint density at radius 3 is 2.17 bits per heavy atom. The number of nitrogens with one attached hydrogen (secondary N) is 3. The van der Waals surface area contributed by atoms with E-state index in [9.17, 15) is 19.3 Å². The van der Waals surface area contributed by atoms with Crippen LogP contribution in [0.5, 0.6) is 0 Å². The Hall–Kier alpha value is -3.55. The number of anilines is 1. The molecule has 0 aliphatic heterocycles. The summed E-state index contributed by atoms with van der Waals surface area (Å²) in [5.41, 5.74) is 2.97. The molecule has 8 nitrogen and oxygen atoms in total. The molecule has 2 aromatic rings. The van der Waals surface area contributed by atoms with Gasteiger partial charge in [-0.25, -0.2) is 5.43 Å². The number of amides is 3. The second-order valence-corrected chi connectivity index (χ2v) is 6.47. The second kappa shape index (κ2) is 12.0. The molecule has 0 aliphatic rings. The third kappa shape index (κ3) is 7.92. The van der Waals surface area contributed by atoms with Crippen LogP contribution >= 0.6 is 0 Å². The minimum absolute atomic E-state index is 0.184. The van der Waals surface area contributed by atoms with Crippen LogP contribution in [0.1, 0.15) is 42.5 Å². The van der Waals surface area contributed by atoms with Gasteiger partial charge >= 0.3 is 0 Å². The fourth-order valence-electron chi connectivity index (χ4n) is 2.77. The summed E-state index contributed by atoms with van der Waals surface area (Å²) in [6.07, 6.45) is 2.46. The Labute approximate surface area is 169 Å². The number of benzene rings is 2. The Kier molecular flexibility index (Phi) is 9.01. The monoisotopic (exact) mass is 396 g/mol. The van der Waals surface area contributed by atoms with Crippen LogP contribution in [0.2, 0.25) is 0 Å². The van der Waals surface area contributed by atoms with E-state index in [1.54, 1.807) is 36.4 Å². The lowest BCUT2D eigenvalue weighted by Crippen LogP contribution is -2.43. The molecule has 3 amide bonds. The van der Waals surface area contributed by atoms with Crippen molar-refractivity contribution in [3.63, 3.8) is 0 Å². The van der Waals surface area contributed by atoms with E-state index in [2.05, 4.69) is 15.9 Å². The molecule has 0 fully saturated rings. The van der Waals surface area contributed by atoms with Gasteiger partial charge in [-0.2, -0.15) is 0 Å². The van der Waals surface area contributed by atoms with Crippen molar-refractivity contribution in [3.05, 3.63) is 71.1 Å². The predicted octanol–water partition coefficient (Wildman–Crippen LogP) is 3.17. The Balaban J connectivity index is 1.93. The van der Waals surface area contributed by atoms with Gasteiger partial charge in [-0.1, -0.05) is 49.2 Å². The van der Waals surface area contributed by atoms with Crippen LogP contribution in [0.15, 0.2) is 65.9 Å². The Morgan fingerprint density at radius 1 is 0.862 bits per heavy atom. The van der Waals surface area contributed by atoms with Crippen molar-refractivity contribution < 1.29 is 14.4 Å². The van der Waals surface area contributed by atoms with Crippen molar-refractivity contribution in [3.8, 4) is 0 Å². The zero-order valence-corrected chi connectivity index (χ0v) is 16.0. The average molecular weight is 396 g/mol. The van der Waals surface area contributed by atoms with Crippen LogP contribution in [0, 0.1) is 4.91 Å². The van der Waals surface area contributed by atoms with Crippen molar-refractivity contribution in [1.82, 2.24) is 10.7 Å². The van der Waals surface area contributed by atoms with Crippen molar-refractivity contribution >= 4 is 23.4 Å². The van der Waals surface area contributed by atoms with Crippen LogP contribution in [0.3, 0.4) is 0 Å². The molecule has 29 heavy (non-hydrogen) atoms. The number of rotatable bonds is 11. The van der Waals surface area contributed by atoms with Crippen LogP contribution in [0.25, 0.3) is 0 Å². The Morgan fingerprint density at radius 2 is 1.52 bits per heavy atom. The molecule has 0 aliphatic carbocycles. The quantitative estimate of drug-likeness (QED) is 0.307. The van der Waals surface area contributed by atoms with Gasteiger partial charge in [0.1, 0.15) is 6.04 Å². The zero-order chi connectivity index (χ0) is 20.9. The van der Waals surface area contributed by atoms with E-state index in [0.717, 1.165) is 0 Å². The minimum Gasteiger partial charge on any atom is -0.340 e. The van der Waals surface area contributed by atoms with Crippen LogP contribution in [0.4, 0.5) is 5.69 Å². The number of carbonyl (C=O) groups is 3. The Bertz CT molecular complexity index is 812.